The van der Waals surface area contributed by atoms with Crippen molar-refractivity contribution in [2.24, 2.45) is 0 Å². The zero-order valence-electron chi connectivity index (χ0n) is 13.2. The Bertz CT molecular complexity index is 175. The first-order valence-electron chi connectivity index (χ1n) is 8.43. The van der Waals surface area contributed by atoms with Crippen LogP contribution in [0, 0.1) is 0 Å². The monoisotopic (exact) mass is 346 g/mol. The Hall–Kier alpha value is 1.87. The zero-order chi connectivity index (χ0) is 14.2. The van der Waals surface area contributed by atoms with Gasteiger partial charge in [0, 0.05) is 6.56 Å². The molecule has 0 aliphatic heterocycles. The van der Waals surface area contributed by atoms with Crippen LogP contribution in [0.1, 0.15) is 90.9 Å². The summed E-state index contributed by atoms with van der Waals surface area (Å²) in [5, 5.41) is 0. The average molecular weight is 347 g/mol. The molecule has 0 radical (unpaired) electrons. The standard InChI is InChI=1S/C16H35PS2.Na.H/c1-3-5-7-9-11-13-15-19(17-18)16-14-12-10-8-6-4-2;;/h19H,3-16H2,1-2H3;;. The van der Waals surface area contributed by atoms with Crippen molar-refractivity contribution in [3.8, 4) is 0 Å². The molecule has 0 aliphatic rings. The van der Waals surface area contributed by atoms with E-state index in [9.17, 15) is 0 Å². The van der Waals surface area contributed by atoms with Crippen molar-refractivity contribution in [3.05, 3.63) is 0 Å². The fraction of sp³-hybridized carbons (Fsp3) is 1.00. The van der Waals surface area contributed by atoms with Gasteiger partial charge in [-0.3, -0.25) is 0 Å². The van der Waals surface area contributed by atoms with E-state index in [-0.39, 0.29) is 40.1 Å². The van der Waals surface area contributed by atoms with E-state index in [0.29, 0.717) is 0 Å². The van der Waals surface area contributed by atoms with Crippen molar-refractivity contribution in [2.45, 2.75) is 90.9 Å². The van der Waals surface area contributed by atoms with Gasteiger partial charge in [0.25, 0.3) is 0 Å². The molecule has 0 saturated heterocycles. The van der Waals surface area contributed by atoms with Crippen LogP contribution in [0.4, 0.5) is 0 Å². The fourth-order valence-corrected chi connectivity index (χ4v) is 6.72. The molecule has 20 heavy (non-hydrogen) atoms. The molecule has 0 saturated carbocycles. The van der Waals surface area contributed by atoms with Gasteiger partial charge in [0.05, 0.1) is 0 Å². The van der Waals surface area contributed by atoms with E-state index in [4.69, 9.17) is 11.8 Å². The molecule has 0 aromatic rings. The van der Waals surface area contributed by atoms with Crippen LogP contribution in [0.25, 0.3) is 0 Å². The first-order valence-corrected chi connectivity index (χ1v) is 12.8. The number of unbranched alkanes of at least 4 members (excludes halogenated alkanes) is 10. The summed E-state index contributed by atoms with van der Waals surface area (Å²) in [4.78, 5) is 0. The Labute approximate surface area is 159 Å². The van der Waals surface area contributed by atoms with Crippen molar-refractivity contribution < 1.29 is 0 Å². The molecule has 0 unspecified atom stereocenters. The molecule has 0 heterocycles. The predicted octanol–water partition coefficient (Wildman–Crippen LogP) is 6.38. The predicted molar refractivity (Wildman–Crippen MR) is 107 cm³/mol. The van der Waals surface area contributed by atoms with Crippen LogP contribution < -0.4 is 0 Å². The molecule has 4 heteroatoms. The SMILES string of the molecule is CCCCCCCC[SH](CCCCCCCC)P=S.[NaH]. The number of thiol groups is 1. The summed E-state index contributed by atoms with van der Waals surface area (Å²) < 4.78 is 0. The van der Waals surface area contributed by atoms with Crippen LogP contribution in [0.3, 0.4) is 0 Å². The van der Waals surface area contributed by atoms with Gasteiger partial charge in [0.2, 0.25) is 0 Å². The molecule has 0 nitrogen and oxygen atoms in total. The molecule has 118 valence electrons. The summed E-state index contributed by atoms with van der Waals surface area (Å²) in [6.07, 6.45) is 17.1. The average Bonchev–Trinajstić information content (AvgIpc) is 2.44. The van der Waals surface area contributed by atoms with E-state index in [0.717, 1.165) is 0 Å². The summed E-state index contributed by atoms with van der Waals surface area (Å²) in [6.45, 7) is 5.86. The van der Waals surface area contributed by atoms with E-state index >= 15 is 0 Å². The maximum atomic E-state index is 5.31. The second-order valence-electron chi connectivity index (χ2n) is 5.57. The number of hydrogen-bond donors (Lipinski definition) is 1. The minimum atomic E-state index is 0. The Kier molecular flexibility index (Phi) is 25.2. The van der Waals surface area contributed by atoms with Gasteiger partial charge in [0.1, 0.15) is 0 Å². The van der Waals surface area contributed by atoms with Gasteiger partial charge in [-0.25, -0.2) is 0 Å². The van der Waals surface area contributed by atoms with Gasteiger partial charge in [-0.2, -0.15) is 10.5 Å². The minimum absolute atomic E-state index is 0. The second kappa shape index (κ2) is 20.9. The summed E-state index contributed by atoms with van der Waals surface area (Å²) in [5.74, 6) is 2.89. The third-order valence-electron chi connectivity index (χ3n) is 3.66. The van der Waals surface area contributed by atoms with E-state index in [2.05, 4.69) is 13.8 Å². The first-order chi connectivity index (χ1) is 9.35. The molecule has 0 aromatic carbocycles. The van der Waals surface area contributed by atoms with Crippen molar-refractivity contribution in [1.29, 1.82) is 0 Å². The van der Waals surface area contributed by atoms with Crippen LogP contribution in [0.5, 0.6) is 0 Å². The Morgan fingerprint density at radius 3 is 1.35 bits per heavy atom. The third-order valence-corrected chi connectivity index (χ3v) is 9.52. The van der Waals surface area contributed by atoms with Gasteiger partial charge >= 0.3 is 29.6 Å². The normalized spacial score (nSPS) is 11.4. The van der Waals surface area contributed by atoms with Crippen molar-refractivity contribution in [2.75, 3.05) is 11.5 Å². The van der Waals surface area contributed by atoms with Crippen LogP contribution >= 0.6 is 17.1 Å². The van der Waals surface area contributed by atoms with Crippen LogP contribution in [-0.2, 0) is 11.8 Å². The maximum absolute atomic E-state index is 5.31. The molecule has 0 fully saturated rings. The fourth-order valence-electron chi connectivity index (χ4n) is 2.34. The second-order valence-corrected chi connectivity index (χ2v) is 11.3. The van der Waals surface area contributed by atoms with Crippen molar-refractivity contribution in [3.63, 3.8) is 0 Å². The molecule has 0 N–H and O–H groups in total. The van der Waals surface area contributed by atoms with Crippen LogP contribution in [-0.4, -0.2) is 41.1 Å². The number of rotatable bonds is 15. The van der Waals surface area contributed by atoms with Crippen molar-refractivity contribution >= 4 is 58.4 Å². The van der Waals surface area contributed by atoms with E-state index < -0.39 is 0 Å². The van der Waals surface area contributed by atoms with E-state index in [1.807, 2.05) is 0 Å². The Balaban J connectivity index is 0. The molecular weight excluding hydrogens is 310 g/mol. The molecule has 0 bridgehead atoms. The van der Waals surface area contributed by atoms with Gasteiger partial charge in [0.15, 0.2) is 0 Å². The summed E-state index contributed by atoms with van der Waals surface area (Å²) in [5.41, 5.74) is 0. The molecule has 0 atom stereocenters. The molecule has 0 rings (SSSR count). The molecule has 0 aliphatic carbocycles. The topological polar surface area (TPSA) is 0 Å². The number of hydrogen-bond acceptors (Lipinski definition) is 1. The van der Waals surface area contributed by atoms with Gasteiger partial charge in [-0.05, 0) is 36.2 Å². The molecular formula is C16H36NaPS2. The van der Waals surface area contributed by atoms with E-state index in [1.165, 1.54) is 95.1 Å². The van der Waals surface area contributed by atoms with Gasteiger partial charge in [-0.1, -0.05) is 78.1 Å². The van der Waals surface area contributed by atoms with E-state index in [1.54, 1.807) is 0 Å². The third kappa shape index (κ3) is 17.9. The van der Waals surface area contributed by atoms with Gasteiger partial charge in [-0.15, -0.1) is 0 Å². The van der Waals surface area contributed by atoms with Crippen LogP contribution in [0.2, 0.25) is 0 Å². The first kappa shape index (κ1) is 24.1. The van der Waals surface area contributed by atoms with Gasteiger partial charge < -0.3 is 0 Å². The molecule has 0 aromatic heterocycles. The molecule has 0 spiro atoms. The quantitative estimate of drug-likeness (QED) is 0.155. The van der Waals surface area contributed by atoms with Crippen molar-refractivity contribution in [1.82, 2.24) is 0 Å². The molecule has 0 amide bonds. The zero-order valence-corrected chi connectivity index (χ0v) is 15.8. The Morgan fingerprint density at radius 2 is 1.00 bits per heavy atom. The summed E-state index contributed by atoms with van der Waals surface area (Å²) >= 11 is 5.31. The summed E-state index contributed by atoms with van der Waals surface area (Å²) in [6, 6.07) is 0. The van der Waals surface area contributed by atoms with Crippen LogP contribution in [0.15, 0.2) is 0 Å². The summed E-state index contributed by atoms with van der Waals surface area (Å²) in [7, 11) is 0.180. The Morgan fingerprint density at radius 1 is 0.650 bits per heavy atom.